The second kappa shape index (κ2) is 5.06. The molecule has 0 aliphatic heterocycles. The summed E-state index contributed by atoms with van der Waals surface area (Å²) in [6, 6.07) is 4.18. The quantitative estimate of drug-likeness (QED) is 0.807. The van der Waals surface area contributed by atoms with Crippen molar-refractivity contribution in [2.24, 2.45) is 0 Å². The number of ketones is 1. The van der Waals surface area contributed by atoms with Crippen LogP contribution in [-0.4, -0.2) is 10.8 Å². The molecular formula is C12H9BrFNOS. The number of halogens is 2. The van der Waals surface area contributed by atoms with Crippen LogP contribution in [0, 0.1) is 12.7 Å². The molecule has 0 saturated carbocycles. The Morgan fingerprint density at radius 1 is 1.47 bits per heavy atom. The highest BCUT2D eigenvalue weighted by molar-refractivity contribution is 9.10. The molecule has 2 aromatic rings. The van der Waals surface area contributed by atoms with Crippen LogP contribution in [0.15, 0.2) is 28.1 Å². The average molecular weight is 314 g/mol. The Morgan fingerprint density at radius 2 is 2.24 bits per heavy atom. The fraction of sp³-hybridized carbons (Fsp3) is 0.167. The maximum Gasteiger partial charge on any atom is 0.169 e. The SMILES string of the molecule is Cc1csc(CC(=O)c2cc(F)cc(Br)c2)n1. The number of aromatic nitrogens is 1. The van der Waals surface area contributed by atoms with Crippen LogP contribution in [0.4, 0.5) is 4.39 Å². The van der Waals surface area contributed by atoms with Crippen molar-refractivity contribution in [3.05, 3.63) is 50.1 Å². The number of thiazole rings is 1. The smallest absolute Gasteiger partial charge is 0.169 e. The first-order valence-electron chi connectivity index (χ1n) is 4.95. The van der Waals surface area contributed by atoms with E-state index < -0.39 is 5.82 Å². The van der Waals surface area contributed by atoms with Gasteiger partial charge in [-0.2, -0.15) is 0 Å². The summed E-state index contributed by atoms with van der Waals surface area (Å²) < 4.78 is 13.7. The molecule has 0 N–H and O–H groups in total. The fourth-order valence-corrected chi connectivity index (χ4v) is 2.67. The molecule has 1 heterocycles. The Balaban J connectivity index is 2.19. The molecule has 1 aromatic carbocycles. The highest BCUT2D eigenvalue weighted by atomic mass is 79.9. The van der Waals surface area contributed by atoms with Crippen LogP contribution in [0.1, 0.15) is 21.1 Å². The lowest BCUT2D eigenvalue weighted by molar-refractivity contribution is 0.0992. The molecule has 0 amide bonds. The van der Waals surface area contributed by atoms with Gasteiger partial charge in [0.2, 0.25) is 0 Å². The first-order valence-corrected chi connectivity index (χ1v) is 6.62. The molecular weight excluding hydrogens is 305 g/mol. The highest BCUT2D eigenvalue weighted by Crippen LogP contribution is 2.18. The monoisotopic (exact) mass is 313 g/mol. The van der Waals surface area contributed by atoms with Crippen LogP contribution in [0.3, 0.4) is 0 Å². The zero-order valence-electron chi connectivity index (χ0n) is 9.04. The molecule has 0 saturated heterocycles. The summed E-state index contributed by atoms with van der Waals surface area (Å²) in [6.07, 6.45) is 0.217. The van der Waals surface area contributed by atoms with E-state index in [1.165, 1.54) is 23.5 Å². The predicted molar refractivity (Wildman–Crippen MR) is 69.0 cm³/mol. The molecule has 5 heteroatoms. The van der Waals surface area contributed by atoms with Crippen LogP contribution >= 0.6 is 27.3 Å². The van der Waals surface area contributed by atoms with Crippen molar-refractivity contribution < 1.29 is 9.18 Å². The van der Waals surface area contributed by atoms with E-state index in [1.807, 2.05) is 12.3 Å². The molecule has 2 rings (SSSR count). The van der Waals surface area contributed by atoms with E-state index >= 15 is 0 Å². The number of carbonyl (C=O) groups excluding carboxylic acids is 1. The molecule has 0 radical (unpaired) electrons. The number of carbonyl (C=O) groups is 1. The van der Waals surface area contributed by atoms with Crippen molar-refractivity contribution in [3.63, 3.8) is 0 Å². The number of hydrogen-bond donors (Lipinski definition) is 0. The van der Waals surface area contributed by atoms with Gasteiger partial charge in [0.1, 0.15) is 10.8 Å². The maximum atomic E-state index is 13.1. The summed E-state index contributed by atoms with van der Waals surface area (Å²) in [4.78, 5) is 16.1. The Hall–Kier alpha value is -1.07. The van der Waals surface area contributed by atoms with Crippen LogP contribution in [0.5, 0.6) is 0 Å². The van der Waals surface area contributed by atoms with E-state index in [0.717, 1.165) is 10.7 Å². The molecule has 0 fully saturated rings. The minimum Gasteiger partial charge on any atom is -0.294 e. The lowest BCUT2D eigenvalue weighted by Gasteiger charge is -2.00. The number of Topliss-reactive ketones (excluding diaryl/α,β-unsaturated/α-hetero) is 1. The Labute approximate surface area is 111 Å². The highest BCUT2D eigenvalue weighted by Gasteiger charge is 2.11. The zero-order valence-corrected chi connectivity index (χ0v) is 11.4. The normalized spacial score (nSPS) is 10.5. The number of hydrogen-bond acceptors (Lipinski definition) is 3. The molecule has 2 nitrogen and oxygen atoms in total. The third-order valence-corrected chi connectivity index (χ3v) is 3.59. The first-order chi connectivity index (χ1) is 8.04. The van der Waals surface area contributed by atoms with Crippen molar-refractivity contribution in [2.45, 2.75) is 13.3 Å². The van der Waals surface area contributed by atoms with Gasteiger partial charge in [0.15, 0.2) is 5.78 Å². The summed E-state index contributed by atoms with van der Waals surface area (Å²) in [6.45, 7) is 1.88. The summed E-state index contributed by atoms with van der Waals surface area (Å²) in [5.41, 5.74) is 1.27. The third kappa shape index (κ3) is 3.20. The molecule has 0 unspecified atom stereocenters. The van der Waals surface area contributed by atoms with Crippen LogP contribution in [-0.2, 0) is 6.42 Å². The third-order valence-electron chi connectivity index (χ3n) is 2.16. The molecule has 0 aliphatic carbocycles. The van der Waals surface area contributed by atoms with Crippen LogP contribution < -0.4 is 0 Å². The number of nitrogens with zero attached hydrogens (tertiary/aromatic N) is 1. The second-order valence-corrected chi connectivity index (χ2v) is 5.50. The lowest BCUT2D eigenvalue weighted by Crippen LogP contribution is -2.04. The van der Waals surface area contributed by atoms with Crippen molar-refractivity contribution in [1.29, 1.82) is 0 Å². The van der Waals surface area contributed by atoms with Gasteiger partial charge in [-0.1, -0.05) is 15.9 Å². The Bertz CT molecular complexity index is 547. The summed E-state index contributed by atoms with van der Waals surface area (Å²) in [5.74, 6) is -0.544. The Morgan fingerprint density at radius 3 is 2.82 bits per heavy atom. The van der Waals surface area contributed by atoms with Gasteiger partial charge >= 0.3 is 0 Å². The predicted octanol–water partition coefficient (Wildman–Crippen LogP) is 3.78. The minimum absolute atomic E-state index is 0.125. The average Bonchev–Trinajstić information content (AvgIpc) is 2.62. The van der Waals surface area contributed by atoms with E-state index in [9.17, 15) is 9.18 Å². The van der Waals surface area contributed by atoms with E-state index in [1.54, 1.807) is 6.07 Å². The minimum atomic E-state index is -0.418. The van der Waals surface area contributed by atoms with Gasteiger partial charge in [0.25, 0.3) is 0 Å². The molecule has 0 aliphatic rings. The number of aryl methyl sites for hydroxylation is 1. The van der Waals surface area contributed by atoms with Crippen molar-refractivity contribution in [2.75, 3.05) is 0 Å². The van der Waals surface area contributed by atoms with E-state index in [0.29, 0.717) is 10.0 Å². The van der Waals surface area contributed by atoms with Gasteiger partial charge in [-0.3, -0.25) is 4.79 Å². The lowest BCUT2D eigenvalue weighted by atomic mass is 10.1. The molecule has 0 spiro atoms. The van der Waals surface area contributed by atoms with Crippen molar-refractivity contribution in [3.8, 4) is 0 Å². The fourth-order valence-electron chi connectivity index (χ4n) is 1.44. The molecule has 17 heavy (non-hydrogen) atoms. The van der Waals surface area contributed by atoms with Gasteiger partial charge in [-0.25, -0.2) is 9.37 Å². The van der Waals surface area contributed by atoms with Gasteiger partial charge in [-0.15, -0.1) is 11.3 Å². The van der Waals surface area contributed by atoms with Gasteiger partial charge in [0, 0.05) is 21.1 Å². The molecule has 0 atom stereocenters. The molecule has 88 valence electrons. The Kier molecular flexibility index (Phi) is 3.69. The second-order valence-electron chi connectivity index (χ2n) is 3.64. The number of rotatable bonds is 3. The topological polar surface area (TPSA) is 30.0 Å². The van der Waals surface area contributed by atoms with E-state index in [-0.39, 0.29) is 12.2 Å². The molecule has 0 bridgehead atoms. The van der Waals surface area contributed by atoms with Crippen molar-refractivity contribution >= 4 is 33.0 Å². The number of benzene rings is 1. The molecule has 1 aromatic heterocycles. The zero-order chi connectivity index (χ0) is 12.4. The summed E-state index contributed by atoms with van der Waals surface area (Å²) in [5, 5.41) is 2.65. The standard InChI is InChI=1S/C12H9BrFNOS/c1-7-6-17-12(15-7)5-11(16)8-2-9(13)4-10(14)3-8/h2-4,6H,5H2,1H3. The maximum absolute atomic E-state index is 13.1. The van der Waals surface area contributed by atoms with Crippen LogP contribution in [0.2, 0.25) is 0 Å². The summed E-state index contributed by atoms with van der Waals surface area (Å²) >= 11 is 4.61. The van der Waals surface area contributed by atoms with E-state index in [2.05, 4.69) is 20.9 Å². The van der Waals surface area contributed by atoms with Gasteiger partial charge < -0.3 is 0 Å². The largest absolute Gasteiger partial charge is 0.294 e. The van der Waals surface area contributed by atoms with Gasteiger partial charge in [0.05, 0.1) is 6.42 Å². The van der Waals surface area contributed by atoms with E-state index in [4.69, 9.17) is 0 Å². The van der Waals surface area contributed by atoms with Gasteiger partial charge in [-0.05, 0) is 25.1 Å². The van der Waals surface area contributed by atoms with Crippen molar-refractivity contribution in [1.82, 2.24) is 4.98 Å². The van der Waals surface area contributed by atoms with Crippen LogP contribution in [0.25, 0.3) is 0 Å². The first kappa shape index (κ1) is 12.4. The summed E-state index contributed by atoms with van der Waals surface area (Å²) in [7, 11) is 0.